The lowest BCUT2D eigenvalue weighted by molar-refractivity contribution is -0.161. The number of carboxylic acid groups (broad SMARTS) is 1. The number of rotatable bonds is 5. The summed E-state index contributed by atoms with van der Waals surface area (Å²) in [6.45, 7) is 1.52. The van der Waals surface area contributed by atoms with Gasteiger partial charge in [-0.1, -0.05) is 0 Å². The summed E-state index contributed by atoms with van der Waals surface area (Å²) < 4.78 is 0. The molecule has 0 bridgehead atoms. The minimum atomic E-state index is -1.20. The van der Waals surface area contributed by atoms with Gasteiger partial charge in [0, 0.05) is 11.3 Å². The van der Waals surface area contributed by atoms with Crippen molar-refractivity contribution in [3.05, 3.63) is 10.6 Å². The van der Waals surface area contributed by atoms with Crippen molar-refractivity contribution in [3.8, 4) is 0 Å². The molecule has 9 nitrogen and oxygen atoms in total. The van der Waals surface area contributed by atoms with Gasteiger partial charge in [0.2, 0.25) is 11.8 Å². The summed E-state index contributed by atoms with van der Waals surface area (Å²) in [5.41, 5.74) is 11.0. The molecular formula is C14H18N4O5S. The fourth-order valence-corrected chi connectivity index (χ4v) is 4.80. The smallest absolute Gasteiger partial charge is 0.353 e. The van der Waals surface area contributed by atoms with Gasteiger partial charge in [-0.3, -0.25) is 14.6 Å². The lowest BCUT2D eigenvalue weighted by Crippen LogP contribution is -2.61. The lowest BCUT2D eigenvalue weighted by Gasteiger charge is -2.44. The van der Waals surface area contributed by atoms with Crippen molar-refractivity contribution in [2.45, 2.75) is 43.2 Å². The number of carbonyl (C=O) groups is 3. The van der Waals surface area contributed by atoms with Gasteiger partial charge >= 0.3 is 5.97 Å². The van der Waals surface area contributed by atoms with Crippen LogP contribution >= 0.6 is 11.8 Å². The Morgan fingerprint density at radius 1 is 1.46 bits per heavy atom. The molecule has 0 aromatic rings. The van der Waals surface area contributed by atoms with Crippen molar-refractivity contribution in [1.82, 2.24) is 4.90 Å². The summed E-state index contributed by atoms with van der Waals surface area (Å²) in [5, 5.41) is 18.8. The third-order valence-electron chi connectivity index (χ3n) is 4.58. The maximum absolute atomic E-state index is 12.1. The predicted molar refractivity (Wildman–Crippen MR) is 85.7 cm³/mol. The predicted octanol–water partition coefficient (Wildman–Crippen LogP) is -1.39. The Labute approximate surface area is 141 Å². The Hall–Kier alpha value is -2.07. The van der Waals surface area contributed by atoms with E-state index in [1.54, 1.807) is 0 Å². The Morgan fingerprint density at radius 3 is 2.62 bits per heavy atom. The van der Waals surface area contributed by atoms with Crippen LogP contribution in [0, 0.1) is 5.92 Å². The largest absolute Gasteiger partial charge is 0.477 e. The molecule has 2 unspecified atom stereocenters. The highest BCUT2D eigenvalue weighted by atomic mass is 32.2. The van der Waals surface area contributed by atoms with E-state index in [0.717, 1.165) is 0 Å². The van der Waals surface area contributed by atoms with Gasteiger partial charge in [-0.2, -0.15) is 0 Å². The monoisotopic (exact) mass is 354 g/mol. The number of amidine groups is 1. The topological polar surface area (TPSA) is 159 Å². The Balaban J connectivity index is 1.81. The van der Waals surface area contributed by atoms with E-state index in [1.807, 2.05) is 0 Å². The molecule has 3 rings (SSSR count). The number of aliphatic hydroxyl groups excluding tert-OH is 1. The van der Waals surface area contributed by atoms with Crippen LogP contribution in [0.4, 0.5) is 0 Å². The zero-order valence-corrected chi connectivity index (χ0v) is 13.7. The number of β-lactam (4-membered cyclic amide) rings is 1. The van der Waals surface area contributed by atoms with Crippen LogP contribution in [0.1, 0.15) is 19.8 Å². The summed E-state index contributed by atoms with van der Waals surface area (Å²) >= 11 is 1.20. The number of nitrogens with zero attached hydrogens (tertiary/aromatic N) is 2. The first-order valence-electron chi connectivity index (χ1n) is 7.49. The van der Waals surface area contributed by atoms with Crippen LogP contribution in [0.3, 0.4) is 0 Å². The van der Waals surface area contributed by atoms with Crippen LogP contribution in [0.15, 0.2) is 15.6 Å². The number of aliphatic imine (C=N–C) groups is 1. The average molecular weight is 354 g/mol. The maximum Gasteiger partial charge on any atom is 0.353 e. The van der Waals surface area contributed by atoms with Crippen LogP contribution < -0.4 is 11.5 Å². The van der Waals surface area contributed by atoms with E-state index in [1.165, 1.54) is 23.6 Å². The van der Waals surface area contributed by atoms with Crippen LogP contribution in [-0.2, 0) is 14.4 Å². The molecular weight excluding hydrogens is 336 g/mol. The highest BCUT2D eigenvalue weighted by Gasteiger charge is 2.57. The molecule has 130 valence electrons. The average Bonchev–Trinajstić information content (AvgIpc) is 2.98. The normalized spacial score (nSPS) is 33.2. The fraction of sp³-hybridized carbons (Fsp3) is 0.571. The third-order valence-corrected chi connectivity index (χ3v) is 5.94. The summed E-state index contributed by atoms with van der Waals surface area (Å²) in [7, 11) is 0. The fourth-order valence-electron chi connectivity index (χ4n) is 3.44. The molecule has 24 heavy (non-hydrogen) atoms. The van der Waals surface area contributed by atoms with Gasteiger partial charge in [-0.25, -0.2) is 4.79 Å². The second-order valence-corrected chi connectivity index (χ2v) is 7.43. The van der Waals surface area contributed by atoms with Crippen molar-refractivity contribution in [2.24, 2.45) is 22.4 Å². The molecule has 0 aromatic heterocycles. The van der Waals surface area contributed by atoms with E-state index >= 15 is 0 Å². The van der Waals surface area contributed by atoms with Crippen molar-refractivity contribution in [3.63, 3.8) is 0 Å². The maximum atomic E-state index is 12.1. The second-order valence-electron chi connectivity index (χ2n) is 6.14. The molecule has 3 aliphatic heterocycles. The number of primary amides is 1. The number of amides is 2. The first-order chi connectivity index (χ1) is 11.2. The number of carboxylic acids is 1. The van der Waals surface area contributed by atoms with Crippen molar-refractivity contribution < 1.29 is 24.6 Å². The summed E-state index contributed by atoms with van der Waals surface area (Å²) in [6.07, 6.45) is -0.185. The molecule has 0 aliphatic carbocycles. The zero-order chi connectivity index (χ0) is 17.8. The van der Waals surface area contributed by atoms with E-state index in [0.29, 0.717) is 17.7 Å². The molecule has 1 fully saturated rings. The van der Waals surface area contributed by atoms with Gasteiger partial charge < -0.3 is 26.6 Å². The molecule has 0 spiro atoms. The minimum absolute atomic E-state index is 0.0674. The number of aliphatic carboxylic acids is 1. The van der Waals surface area contributed by atoms with E-state index in [-0.39, 0.29) is 28.7 Å². The molecule has 1 saturated heterocycles. The van der Waals surface area contributed by atoms with Gasteiger partial charge in [-0.15, -0.1) is 11.8 Å². The van der Waals surface area contributed by atoms with Crippen molar-refractivity contribution in [1.29, 1.82) is 0 Å². The molecule has 0 radical (unpaired) electrons. The SMILES string of the molecule is C[C@@H](O)C1C(=O)N2C(C(=O)O)=C(SC3C[C@@H](C(N)=O)N=C3N)C[C@@H]12. The Kier molecular flexibility index (Phi) is 4.04. The molecule has 0 saturated carbocycles. The van der Waals surface area contributed by atoms with E-state index in [4.69, 9.17) is 11.5 Å². The summed E-state index contributed by atoms with van der Waals surface area (Å²) in [5.74, 6) is -2.50. The number of hydrogen-bond acceptors (Lipinski definition) is 7. The molecule has 5 atom stereocenters. The number of aliphatic hydroxyl groups is 1. The first kappa shape index (κ1) is 16.8. The zero-order valence-electron chi connectivity index (χ0n) is 12.9. The van der Waals surface area contributed by atoms with Crippen LogP contribution in [0.25, 0.3) is 0 Å². The molecule has 2 amide bonds. The van der Waals surface area contributed by atoms with Crippen LogP contribution in [-0.4, -0.2) is 62.2 Å². The number of carbonyl (C=O) groups excluding carboxylic acids is 2. The minimum Gasteiger partial charge on any atom is -0.477 e. The Bertz CT molecular complexity index is 689. The van der Waals surface area contributed by atoms with Gasteiger partial charge in [0.25, 0.3) is 0 Å². The number of hydrogen-bond donors (Lipinski definition) is 4. The standard InChI is InChI=1S/C14H18N4O5S/c1-4(19)9-6-3-7(10(14(22)23)18(6)13(9)21)24-8-2-5(12(16)20)17-11(8)15/h4-6,8-9,19H,2-3H2,1H3,(H2,15,17)(H2,16,20)(H,22,23)/t4-,5+,6+,8?,9?/m1/s1. The highest BCUT2D eigenvalue weighted by molar-refractivity contribution is 8.04. The second kappa shape index (κ2) is 5.78. The molecule has 3 aliphatic rings. The molecule has 0 aromatic carbocycles. The van der Waals surface area contributed by atoms with Gasteiger partial charge in [-0.05, 0) is 13.3 Å². The van der Waals surface area contributed by atoms with E-state index < -0.39 is 29.9 Å². The number of thioether (sulfide) groups is 1. The van der Waals surface area contributed by atoms with Gasteiger partial charge in [0.05, 0.1) is 23.3 Å². The lowest BCUT2D eigenvalue weighted by atomic mass is 9.83. The van der Waals surface area contributed by atoms with Crippen molar-refractivity contribution >= 4 is 35.4 Å². The van der Waals surface area contributed by atoms with Gasteiger partial charge in [0.15, 0.2) is 0 Å². The highest BCUT2D eigenvalue weighted by Crippen LogP contribution is 2.48. The van der Waals surface area contributed by atoms with Crippen molar-refractivity contribution in [2.75, 3.05) is 0 Å². The van der Waals surface area contributed by atoms with Crippen LogP contribution in [0.2, 0.25) is 0 Å². The summed E-state index contributed by atoms with van der Waals surface area (Å²) in [4.78, 5) is 40.7. The molecule has 6 N–H and O–H groups in total. The number of fused-ring (bicyclic) bond motifs is 1. The van der Waals surface area contributed by atoms with E-state index in [9.17, 15) is 24.6 Å². The number of nitrogens with two attached hydrogens (primary N) is 2. The molecule has 10 heteroatoms. The summed E-state index contributed by atoms with van der Waals surface area (Å²) in [6, 6.07) is -1.06. The molecule has 3 heterocycles. The quantitative estimate of drug-likeness (QED) is 0.442. The third kappa shape index (κ3) is 2.46. The Morgan fingerprint density at radius 2 is 2.12 bits per heavy atom. The van der Waals surface area contributed by atoms with Crippen LogP contribution in [0.5, 0.6) is 0 Å². The van der Waals surface area contributed by atoms with E-state index in [2.05, 4.69) is 4.99 Å². The van der Waals surface area contributed by atoms with Gasteiger partial charge in [0.1, 0.15) is 17.6 Å². The first-order valence-corrected chi connectivity index (χ1v) is 8.37.